The number of carbonyl (C=O) groups is 2. The lowest BCUT2D eigenvalue weighted by atomic mass is 10.1. The number of nitrogens with zero attached hydrogens (tertiary/aromatic N) is 2. The third-order valence-electron chi connectivity index (χ3n) is 4.75. The molecule has 0 radical (unpaired) electrons. The molecule has 3 aromatic rings. The molecule has 2 aromatic heterocycles. The fourth-order valence-corrected chi connectivity index (χ4v) is 3.24. The largest absolute Gasteiger partial charge is 0.346 e. The van der Waals surface area contributed by atoms with Gasteiger partial charge in [0.25, 0.3) is 11.8 Å². The Kier molecular flexibility index (Phi) is 3.53. The SMILES string of the molecule is C[C@@H]1NC(=O)c2cc3ccc(C(=O)Nc4cccnc4)cc3n2[C@H]1C. The van der Waals surface area contributed by atoms with E-state index in [1.165, 1.54) is 0 Å². The van der Waals surface area contributed by atoms with E-state index in [-0.39, 0.29) is 23.9 Å². The predicted molar refractivity (Wildman–Crippen MR) is 95.8 cm³/mol. The van der Waals surface area contributed by atoms with E-state index in [1.807, 2.05) is 29.7 Å². The number of hydrogen-bond donors (Lipinski definition) is 2. The highest BCUT2D eigenvalue weighted by Gasteiger charge is 2.29. The van der Waals surface area contributed by atoms with Crippen molar-refractivity contribution < 1.29 is 9.59 Å². The molecule has 0 saturated heterocycles. The van der Waals surface area contributed by atoms with E-state index in [0.29, 0.717) is 16.9 Å². The number of amides is 2. The molecule has 6 nitrogen and oxygen atoms in total. The number of pyridine rings is 1. The van der Waals surface area contributed by atoms with Gasteiger partial charge in [0.05, 0.1) is 17.9 Å². The average molecular weight is 334 g/mol. The number of carbonyl (C=O) groups excluding carboxylic acids is 2. The van der Waals surface area contributed by atoms with E-state index in [0.717, 1.165) is 10.9 Å². The van der Waals surface area contributed by atoms with Crippen LogP contribution in [0.3, 0.4) is 0 Å². The van der Waals surface area contributed by atoms with Gasteiger partial charge in [0.2, 0.25) is 0 Å². The molecule has 2 amide bonds. The molecule has 126 valence electrons. The minimum absolute atomic E-state index is 0.0310. The molecule has 0 aliphatic carbocycles. The van der Waals surface area contributed by atoms with Crippen LogP contribution in [0.1, 0.15) is 40.7 Å². The lowest BCUT2D eigenvalue weighted by Crippen LogP contribution is -2.44. The molecule has 2 atom stereocenters. The van der Waals surface area contributed by atoms with Gasteiger partial charge in [-0.2, -0.15) is 0 Å². The lowest BCUT2D eigenvalue weighted by molar-refractivity contribution is 0.0891. The number of aromatic nitrogens is 2. The fourth-order valence-electron chi connectivity index (χ4n) is 3.24. The van der Waals surface area contributed by atoms with Crippen LogP contribution in [0, 0.1) is 0 Å². The second-order valence-corrected chi connectivity index (χ2v) is 6.37. The van der Waals surface area contributed by atoms with Crippen LogP contribution in [0.5, 0.6) is 0 Å². The van der Waals surface area contributed by atoms with Crippen molar-refractivity contribution >= 4 is 28.4 Å². The van der Waals surface area contributed by atoms with Gasteiger partial charge in [0, 0.05) is 28.7 Å². The molecule has 0 fully saturated rings. The Hall–Kier alpha value is -3.15. The highest BCUT2D eigenvalue weighted by Crippen LogP contribution is 2.30. The van der Waals surface area contributed by atoms with E-state index in [9.17, 15) is 9.59 Å². The zero-order valence-corrected chi connectivity index (χ0v) is 14.0. The number of fused-ring (bicyclic) bond motifs is 3. The normalized spacial score (nSPS) is 19.4. The van der Waals surface area contributed by atoms with Crippen molar-refractivity contribution in [3.63, 3.8) is 0 Å². The van der Waals surface area contributed by atoms with Gasteiger partial charge in [0.1, 0.15) is 5.69 Å². The monoisotopic (exact) mass is 334 g/mol. The molecule has 0 unspecified atom stereocenters. The van der Waals surface area contributed by atoms with Crippen LogP contribution in [-0.2, 0) is 0 Å². The first kappa shape index (κ1) is 15.4. The minimum atomic E-state index is -0.202. The number of benzene rings is 1. The van der Waals surface area contributed by atoms with Gasteiger partial charge >= 0.3 is 0 Å². The second kappa shape index (κ2) is 5.73. The van der Waals surface area contributed by atoms with Crippen molar-refractivity contribution in [2.24, 2.45) is 0 Å². The minimum Gasteiger partial charge on any atom is -0.346 e. The van der Waals surface area contributed by atoms with Gasteiger partial charge in [-0.25, -0.2) is 0 Å². The summed E-state index contributed by atoms with van der Waals surface area (Å²) in [7, 11) is 0. The lowest BCUT2D eigenvalue weighted by Gasteiger charge is -2.30. The summed E-state index contributed by atoms with van der Waals surface area (Å²) >= 11 is 0. The van der Waals surface area contributed by atoms with Crippen molar-refractivity contribution in [3.8, 4) is 0 Å². The highest BCUT2D eigenvalue weighted by atomic mass is 16.2. The Morgan fingerprint density at radius 3 is 2.84 bits per heavy atom. The number of hydrogen-bond acceptors (Lipinski definition) is 3. The molecule has 25 heavy (non-hydrogen) atoms. The van der Waals surface area contributed by atoms with Crippen LogP contribution in [0.2, 0.25) is 0 Å². The summed E-state index contributed by atoms with van der Waals surface area (Å²) in [5.74, 6) is -0.283. The molecule has 0 bridgehead atoms. The van der Waals surface area contributed by atoms with Gasteiger partial charge in [-0.05, 0) is 44.2 Å². The first-order chi connectivity index (χ1) is 12.0. The van der Waals surface area contributed by atoms with E-state index in [2.05, 4.69) is 22.5 Å². The Balaban J connectivity index is 1.75. The van der Waals surface area contributed by atoms with Crippen LogP contribution < -0.4 is 10.6 Å². The summed E-state index contributed by atoms with van der Waals surface area (Å²) in [6.07, 6.45) is 3.26. The van der Waals surface area contributed by atoms with Gasteiger partial charge in [-0.15, -0.1) is 0 Å². The summed E-state index contributed by atoms with van der Waals surface area (Å²) in [5, 5.41) is 6.75. The maximum atomic E-state index is 12.5. The predicted octanol–water partition coefficient (Wildman–Crippen LogP) is 2.98. The van der Waals surface area contributed by atoms with Crippen molar-refractivity contribution in [3.05, 3.63) is 60.0 Å². The third kappa shape index (κ3) is 2.55. The Morgan fingerprint density at radius 2 is 2.08 bits per heavy atom. The van der Waals surface area contributed by atoms with E-state index in [4.69, 9.17) is 0 Å². The van der Waals surface area contributed by atoms with Gasteiger partial charge in [-0.3, -0.25) is 14.6 Å². The quantitative estimate of drug-likeness (QED) is 0.756. The van der Waals surface area contributed by atoms with E-state index < -0.39 is 0 Å². The van der Waals surface area contributed by atoms with Crippen molar-refractivity contribution in [1.82, 2.24) is 14.9 Å². The van der Waals surface area contributed by atoms with Crippen molar-refractivity contribution in [2.75, 3.05) is 5.32 Å². The summed E-state index contributed by atoms with van der Waals surface area (Å²) < 4.78 is 2.01. The Morgan fingerprint density at radius 1 is 1.24 bits per heavy atom. The zero-order valence-electron chi connectivity index (χ0n) is 14.0. The molecule has 0 spiro atoms. The number of rotatable bonds is 2. The molecule has 3 heterocycles. The molecule has 1 aliphatic rings. The number of anilines is 1. The van der Waals surface area contributed by atoms with E-state index in [1.54, 1.807) is 30.6 Å². The standard InChI is InChI=1S/C19H18N4O2/c1-11-12(2)23-16-9-14(18(24)22-15-4-3-7-20-10-15)6-5-13(16)8-17(23)19(25)21-11/h3-12H,1-2H3,(H,21,25)(H,22,24)/t11-,12-/m0/s1. The maximum absolute atomic E-state index is 12.5. The summed E-state index contributed by atoms with van der Waals surface area (Å²) in [6.45, 7) is 4.05. The fraction of sp³-hybridized carbons (Fsp3) is 0.211. The third-order valence-corrected chi connectivity index (χ3v) is 4.75. The topological polar surface area (TPSA) is 76.0 Å². The van der Waals surface area contributed by atoms with Crippen molar-refractivity contribution in [1.29, 1.82) is 0 Å². The number of nitrogens with one attached hydrogen (secondary N) is 2. The summed E-state index contributed by atoms with van der Waals surface area (Å²) in [4.78, 5) is 28.8. The zero-order chi connectivity index (χ0) is 17.6. The summed E-state index contributed by atoms with van der Waals surface area (Å²) in [5.41, 5.74) is 2.71. The Labute approximate surface area is 144 Å². The molecular weight excluding hydrogens is 316 g/mol. The van der Waals surface area contributed by atoms with Crippen LogP contribution in [0.15, 0.2) is 48.8 Å². The molecule has 0 saturated carbocycles. The molecule has 1 aromatic carbocycles. The maximum Gasteiger partial charge on any atom is 0.268 e. The van der Waals surface area contributed by atoms with Crippen LogP contribution in [0.25, 0.3) is 10.9 Å². The first-order valence-corrected chi connectivity index (χ1v) is 8.22. The summed E-state index contributed by atoms with van der Waals surface area (Å²) in [6, 6.07) is 11.1. The van der Waals surface area contributed by atoms with Crippen LogP contribution >= 0.6 is 0 Å². The molecule has 6 heteroatoms. The molecule has 2 N–H and O–H groups in total. The average Bonchev–Trinajstić information content (AvgIpc) is 3.00. The second-order valence-electron chi connectivity index (χ2n) is 6.37. The van der Waals surface area contributed by atoms with Gasteiger partial charge in [-0.1, -0.05) is 6.07 Å². The van der Waals surface area contributed by atoms with Crippen LogP contribution in [0.4, 0.5) is 5.69 Å². The van der Waals surface area contributed by atoms with Gasteiger partial charge in [0.15, 0.2) is 0 Å². The van der Waals surface area contributed by atoms with Crippen LogP contribution in [-0.4, -0.2) is 27.4 Å². The molecular formula is C19H18N4O2. The highest BCUT2D eigenvalue weighted by molar-refractivity contribution is 6.07. The Bertz CT molecular complexity index is 978. The molecule has 4 rings (SSSR count). The van der Waals surface area contributed by atoms with Gasteiger partial charge < -0.3 is 15.2 Å². The smallest absolute Gasteiger partial charge is 0.268 e. The molecule has 1 aliphatic heterocycles. The first-order valence-electron chi connectivity index (χ1n) is 8.22. The van der Waals surface area contributed by atoms with Crippen molar-refractivity contribution in [2.45, 2.75) is 25.9 Å². The van der Waals surface area contributed by atoms with E-state index >= 15 is 0 Å².